The second kappa shape index (κ2) is 7.27. The molecule has 1 rings (SSSR count). The summed E-state index contributed by atoms with van der Waals surface area (Å²) >= 11 is 3.57. The van der Waals surface area contributed by atoms with Crippen LogP contribution in [0.25, 0.3) is 0 Å². The maximum Gasteiger partial charge on any atom is 0.133 e. The quantitative estimate of drug-likeness (QED) is 0.805. The topological polar surface area (TPSA) is 30.5 Å². The SMILES string of the molecule is CNC(c1ccc(OCCOC)c(Br)c1)C(C)(C)C. The van der Waals surface area contributed by atoms with Crippen molar-refractivity contribution >= 4 is 15.9 Å². The van der Waals surface area contributed by atoms with Crippen molar-refractivity contribution in [2.45, 2.75) is 26.8 Å². The van der Waals surface area contributed by atoms with Gasteiger partial charge in [-0.3, -0.25) is 0 Å². The summed E-state index contributed by atoms with van der Waals surface area (Å²) < 4.78 is 11.6. The molecule has 0 amide bonds. The van der Waals surface area contributed by atoms with Crippen LogP contribution in [0.15, 0.2) is 22.7 Å². The van der Waals surface area contributed by atoms with Crippen LogP contribution in [0.4, 0.5) is 0 Å². The van der Waals surface area contributed by atoms with Gasteiger partial charge in [0.2, 0.25) is 0 Å². The Hall–Kier alpha value is -0.580. The van der Waals surface area contributed by atoms with Crippen LogP contribution in [-0.4, -0.2) is 27.4 Å². The molecule has 1 atom stereocenters. The van der Waals surface area contributed by atoms with Crippen LogP contribution in [0.5, 0.6) is 5.75 Å². The third-order valence-corrected chi connectivity index (χ3v) is 3.61. The van der Waals surface area contributed by atoms with Crippen LogP contribution in [0, 0.1) is 5.41 Å². The Labute approximate surface area is 124 Å². The first-order chi connectivity index (χ1) is 8.90. The van der Waals surface area contributed by atoms with Crippen molar-refractivity contribution in [3.05, 3.63) is 28.2 Å². The molecule has 4 heteroatoms. The third-order valence-electron chi connectivity index (χ3n) is 2.99. The fraction of sp³-hybridized carbons (Fsp3) is 0.600. The minimum absolute atomic E-state index is 0.159. The molecule has 0 fully saturated rings. The molecule has 0 bridgehead atoms. The van der Waals surface area contributed by atoms with Gasteiger partial charge in [-0.25, -0.2) is 0 Å². The molecule has 0 aromatic heterocycles. The molecule has 0 aliphatic heterocycles. The zero-order valence-corrected chi connectivity index (χ0v) is 14.0. The maximum atomic E-state index is 5.64. The molecular formula is C15H24BrNO2. The van der Waals surface area contributed by atoms with Crippen molar-refractivity contribution in [3.63, 3.8) is 0 Å². The van der Waals surface area contributed by atoms with Gasteiger partial charge in [0.1, 0.15) is 12.4 Å². The predicted octanol–water partition coefficient (Wildman–Crippen LogP) is 3.78. The fourth-order valence-electron chi connectivity index (χ4n) is 2.15. The van der Waals surface area contributed by atoms with Crippen LogP contribution >= 0.6 is 15.9 Å². The predicted molar refractivity (Wildman–Crippen MR) is 82.8 cm³/mol. The van der Waals surface area contributed by atoms with Gasteiger partial charge < -0.3 is 14.8 Å². The Morgan fingerprint density at radius 3 is 2.42 bits per heavy atom. The molecule has 108 valence electrons. The molecule has 3 nitrogen and oxygen atoms in total. The molecule has 0 radical (unpaired) electrons. The first kappa shape index (κ1) is 16.5. The largest absolute Gasteiger partial charge is 0.490 e. The number of methoxy groups -OCH3 is 1. The Bertz CT molecular complexity index is 402. The van der Waals surface area contributed by atoms with Gasteiger partial charge in [0.05, 0.1) is 11.1 Å². The maximum absolute atomic E-state index is 5.64. The van der Waals surface area contributed by atoms with E-state index in [0.29, 0.717) is 19.3 Å². The highest BCUT2D eigenvalue weighted by Crippen LogP contribution is 2.36. The lowest BCUT2D eigenvalue weighted by Crippen LogP contribution is -2.29. The standard InChI is InChI=1S/C15H24BrNO2/c1-15(2,3)14(17-4)11-6-7-13(12(16)10-11)19-9-8-18-5/h6-7,10,14,17H,8-9H2,1-5H3. The van der Waals surface area contributed by atoms with Crippen molar-refractivity contribution in [2.24, 2.45) is 5.41 Å². The van der Waals surface area contributed by atoms with Gasteiger partial charge in [-0.1, -0.05) is 26.8 Å². The summed E-state index contributed by atoms with van der Waals surface area (Å²) in [4.78, 5) is 0. The van der Waals surface area contributed by atoms with Gasteiger partial charge in [-0.2, -0.15) is 0 Å². The van der Waals surface area contributed by atoms with Gasteiger partial charge in [0.15, 0.2) is 0 Å². The Morgan fingerprint density at radius 1 is 1.26 bits per heavy atom. The number of halogens is 1. The average Bonchev–Trinajstić information content (AvgIpc) is 2.31. The number of hydrogen-bond acceptors (Lipinski definition) is 3. The van der Waals surface area contributed by atoms with E-state index in [0.717, 1.165) is 10.2 Å². The second-order valence-electron chi connectivity index (χ2n) is 5.62. The van der Waals surface area contributed by atoms with E-state index in [-0.39, 0.29) is 5.41 Å². The van der Waals surface area contributed by atoms with E-state index in [1.54, 1.807) is 7.11 Å². The Kier molecular flexibility index (Phi) is 6.30. The Balaban J connectivity index is 2.86. The summed E-state index contributed by atoms with van der Waals surface area (Å²) in [5.74, 6) is 0.851. The van der Waals surface area contributed by atoms with Crippen molar-refractivity contribution < 1.29 is 9.47 Å². The monoisotopic (exact) mass is 329 g/mol. The molecule has 0 aliphatic rings. The summed E-state index contributed by atoms with van der Waals surface area (Å²) in [5, 5.41) is 3.38. The van der Waals surface area contributed by atoms with E-state index in [2.05, 4.69) is 54.2 Å². The normalized spacial score (nSPS) is 13.4. The van der Waals surface area contributed by atoms with Gasteiger partial charge in [0, 0.05) is 13.2 Å². The minimum Gasteiger partial charge on any atom is -0.490 e. The third kappa shape index (κ3) is 4.79. The van der Waals surface area contributed by atoms with Gasteiger partial charge in [-0.15, -0.1) is 0 Å². The van der Waals surface area contributed by atoms with E-state index in [1.807, 2.05) is 13.1 Å². The van der Waals surface area contributed by atoms with E-state index in [1.165, 1.54) is 5.56 Å². The van der Waals surface area contributed by atoms with Gasteiger partial charge >= 0.3 is 0 Å². The van der Waals surface area contributed by atoms with Crippen molar-refractivity contribution in [3.8, 4) is 5.75 Å². The molecule has 1 aromatic rings. The van der Waals surface area contributed by atoms with Crippen LogP contribution in [0.2, 0.25) is 0 Å². The van der Waals surface area contributed by atoms with E-state index in [9.17, 15) is 0 Å². The second-order valence-corrected chi connectivity index (χ2v) is 6.47. The molecule has 0 heterocycles. The molecule has 0 saturated carbocycles. The highest BCUT2D eigenvalue weighted by molar-refractivity contribution is 9.10. The van der Waals surface area contributed by atoms with Crippen LogP contribution in [-0.2, 0) is 4.74 Å². The lowest BCUT2D eigenvalue weighted by Gasteiger charge is -2.31. The Morgan fingerprint density at radius 2 is 1.95 bits per heavy atom. The van der Waals surface area contributed by atoms with E-state index < -0.39 is 0 Å². The molecule has 1 unspecified atom stereocenters. The molecule has 19 heavy (non-hydrogen) atoms. The molecule has 0 aliphatic carbocycles. The van der Waals surface area contributed by atoms with Gasteiger partial charge in [0.25, 0.3) is 0 Å². The van der Waals surface area contributed by atoms with Crippen LogP contribution < -0.4 is 10.1 Å². The van der Waals surface area contributed by atoms with Crippen molar-refractivity contribution in [2.75, 3.05) is 27.4 Å². The molecule has 1 N–H and O–H groups in total. The highest BCUT2D eigenvalue weighted by atomic mass is 79.9. The zero-order chi connectivity index (χ0) is 14.5. The number of benzene rings is 1. The molecular weight excluding hydrogens is 306 g/mol. The number of rotatable bonds is 6. The minimum atomic E-state index is 0.159. The molecule has 0 spiro atoms. The van der Waals surface area contributed by atoms with Crippen LogP contribution in [0.1, 0.15) is 32.4 Å². The lowest BCUT2D eigenvalue weighted by atomic mass is 9.82. The van der Waals surface area contributed by atoms with E-state index >= 15 is 0 Å². The number of hydrogen-bond donors (Lipinski definition) is 1. The first-order valence-electron chi connectivity index (χ1n) is 6.48. The first-order valence-corrected chi connectivity index (χ1v) is 7.28. The van der Waals surface area contributed by atoms with Crippen molar-refractivity contribution in [1.29, 1.82) is 0 Å². The zero-order valence-electron chi connectivity index (χ0n) is 12.4. The highest BCUT2D eigenvalue weighted by Gasteiger charge is 2.25. The summed E-state index contributed by atoms with van der Waals surface area (Å²) in [6.45, 7) is 7.83. The van der Waals surface area contributed by atoms with Crippen LogP contribution in [0.3, 0.4) is 0 Å². The summed E-state index contributed by atoms with van der Waals surface area (Å²) in [6, 6.07) is 6.54. The molecule has 1 aromatic carbocycles. The smallest absolute Gasteiger partial charge is 0.133 e. The number of ether oxygens (including phenoxy) is 2. The molecule has 0 saturated heterocycles. The average molecular weight is 330 g/mol. The van der Waals surface area contributed by atoms with E-state index in [4.69, 9.17) is 9.47 Å². The summed E-state index contributed by atoms with van der Waals surface area (Å²) in [5.41, 5.74) is 1.41. The summed E-state index contributed by atoms with van der Waals surface area (Å²) in [6.07, 6.45) is 0. The van der Waals surface area contributed by atoms with Gasteiger partial charge in [-0.05, 0) is 46.1 Å². The summed E-state index contributed by atoms with van der Waals surface area (Å²) in [7, 11) is 3.66. The lowest BCUT2D eigenvalue weighted by molar-refractivity contribution is 0.146. The van der Waals surface area contributed by atoms with Crippen molar-refractivity contribution in [1.82, 2.24) is 5.32 Å². The fourth-order valence-corrected chi connectivity index (χ4v) is 2.66. The number of nitrogens with one attached hydrogen (secondary N) is 1.